The van der Waals surface area contributed by atoms with Crippen LogP contribution in [-0.4, -0.2) is 36.7 Å². The average Bonchev–Trinajstić information content (AvgIpc) is 1.97. The van der Waals surface area contributed by atoms with Crippen LogP contribution in [0.5, 0.6) is 0 Å². The monoisotopic (exact) mass is 171 g/mol. The van der Waals surface area contributed by atoms with Gasteiger partial charge in [0.25, 0.3) is 0 Å². The zero-order chi connectivity index (χ0) is 9.14. The third-order valence-corrected chi connectivity index (χ3v) is 2.43. The van der Waals surface area contributed by atoms with Gasteiger partial charge in [0.15, 0.2) is 0 Å². The lowest BCUT2D eigenvalue weighted by Crippen LogP contribution is -2.50. The molecule has 0 aliphatic carbocycles. The summed E-state index contributed by atoms with van der Waals surface area (Å²) < 4.78 is 5.46. The summed E-state index contributed by atoms with van der Waals surface area (Å²) in [4.78, 5) is 2.55. The van der Waals surface area contributed by atoms with Crippen LogP contribution in [0.1, 0.15) is 27.7 Å². The molecule has 0 aromatic heterocycles. The van der Waals surface area contributed by atoms with Crippen LogP contribution >= 0.6 is 0 Å². The highest BCUT2D eigenvalue weighted by molar-refractivity contribution is 4.78. The van der Waals surface area contributed by atoms with Crippen molar-refractivity contribution in [3.63, 3.8) is 0 Å². The standard InChI is InChI=1S/C10H21NO/c1-8(2)5-11-9(3)6-12-7-10(11)4/h8-10H,5-7H2,1-4H3/t9-,10+. The fourth-order valence-corrected chi connectivity index (χ4v) is 1.82. The van der Waals surface area contributed by atoms with Gasteiger partial charge >= 0.3 is 0 Å². The lowest BCUT2D eigenvalue weighted by molar-refractivity contribution is -0.0412. The van der Waals surface area contributed by atoms with E-state index in [4.69, 9.17) is 4.74 Å². The van der Waals surface area contributed by atoms with E-state index in [1.165, 1.54) is 6.54 Å². The number of rotatable bonds is 2. The van der Waals surface area contributed by atoms with Crippen LogP contribution in [0.4, 0.5) is 0 Å². The van der Waals surface area contributed by atoms with Gasteiger partial charge in [-0.15, -0.1) is 0 Å². The Morgan fingerprint density at radius 1 is 1.25 bits per heavy atom. The summed E-state index contributed by atoms with van der Waals surface area (Å²) in [5, 5.41) is 0. The molecule has 1 fully saturated rings. The second-order valence-corrected chi connectivity index (χ2v) is 4.33. The molecule has 72 valence electrons. The molecule has 1 saturated heterocycles. The van der Waals surface area contributed by atoms with E-state index in [0.717, 1.165) is 19.1 Å². The molecule has 0 saturated carbocycles. The molecular formula is C10H21NO. The quantitative estimate of drug-likeness (QED) is 0.627. The summed E-state index contributed by atoms with van der Waals surface area (Å²) in [6.45, 7) is 12.0. The van der Waals surface area contributed by atoms with Crippen molar-refractivity contribution in [3.8, 4) is 0 Å². The molecule has 2 nitrogen and oxygen atoms in total. The van der Waals surface area contributed by atoms with E-state index < -0.39 is 0 Å². The number of morpholine rings is 1. The van der Waals surface area contributed by atoms with Gasteiger partial charge in [-0.05, 0) is 19.8 Å². The first-order valence-electron chi connectivity index (χ1n) is 4.94. The third-order valence-electron chi connectivity index (χ3n) is 2.43. The molecule has 0 bridgehead atoms. The van der Waals surface area contributed by atoms with Crippen molar-refractivity contribution in [2.75, 3.05) is 19.8 Å². The Balaban J connectivity index is 2.45. The van der Waals surface area contributed by atoms with Crippen LogP contribution in [-0.2, 0) is 4.74 Å². The SMILES string of the molecule is CC(C)CN1[C@H](C)COC[C@@H]1C. The van der Waals surface area contributed by atoms with Crippen LogP contribution < -0.4 is 0 Å². The highest BCUT2D eigenvalue weighted by atomic mass is 16.5. The van der Waals surface area contributed by atoms with Crippen LogP contribution in [0.25, 0.3) is 0 Å². The molecule has 1 heterocycles. The summed E-state index contributed by atoms with van der Waals surface area (Å²) in [6, 6.07) is 1.19. The number of nitrogens with zero attached hydrogens (tertiary/aromatic N) is 1. The van der Waals surface area contributed by atoms with E-state index in [1.807, 2.05) is 0 Å². The normalized spacial score (nSPS) is 32.8. The highest BCUT2D eigenvalue weighted by Crippen LogP contribution is 2.14. The summed E-state index contributed by atoms with van der Waals surface area (Å²) >= 11 is 0. The second-order valence-electron chi connectivity index (χ2n) is 4.33. The molecule has 0 spiro atoms. The van der Waals surface area contributed by atoms with Gasteiger partial charge in [-0.3, -0.25) is 4.90 Å². The van der Waals surface area contributed by atoms with Gasteiger partial charge in [-0.25, -0.2) is 0 Å². The average molecular weight is 171 g/mol. The number of hydrogen-bond acceptors (Lipinski definition) is 2. The van der Waals surface area contributed by atoms with Crippen LogP contribution in [0, 0.1) is 5.92 Å². The molecule has 2 heteroatoms. The van der Waals surface area contributed by atoms with Gasteiger partial charge in [0.05, 0.1) is 13.2 Å². The largest absolute Gasteiger partial charge is 0.378 e. The molecule has 0 radical (unpaired) electrons. The molecule has 0 aromatic rings. The van der Waals surface area contributed by atoms with E-state index in [0.29, 0.717) is 12.1 Å². The summed E-state index contributed by atoms with van der Waals surface area (Å²) in [5.41, 5.74) is 0. The molecule has 1 rings (SSSR count). The Morgan fingerprint density at radius 3 is 2.17 bits per heavy atom. The van der Waals surface area contributed by atoms with Crippen molar-refractivity contribution in [2.45, 2.75) is 39.8 Å². The number of ether oxygens (including phenoxy) is 1. The third kappa shape index (κ3) is 2.46. The Kier molecular flexibility index (Phi) is 3.53. The van der Waals surface area contributed by atoms with E-state index in [9.17, 15) is 0 Å². The Hall–Kier alpha value is -0.0800. The predicted octanol–water partition coefficient (Wildman–Crippen LogP) is 1.75. The zero-order valence-corrected chi connectivity index (χ0v) is 8.71. The zero-order valence-electron chi connectivity index (χ0n) is 8.71. The Morgan fingerprint density at radius 2 is 1.75 bits per heavy atom. The molecule has 2 atom stereocenters. The molecule has 0 N–H and O–H groups in total. The molecule has 12 heavy (non-hydrogen) atoms. The first-order valence-corrected chi connectivity index (χ1v) is 4.94. The minimum atomic E-state index is 0.594. The minimum absolute atomic E-state index is 0.594. The summed E-state index contributed by atoms with van der Waals surface area (Å²) in [5.74, 6) is 0.757. The molecule has 1 aliphatic rings. The van der Waals surface area contributed by atoms with Crippen LogP contribution in [0.2, 0.25) is 0 Å². The van der Waals surface area contributed by atoms with Crippen molar-refractivity contribution in [3.05, 3.63) is 0 Å². The maximum atomic E-state index is 5.46. The smallest absolute Gasteiger partial charge is 0.0620 e. The van der Waals surface area contributed by atoms with E-state index in [1.54, 1.807) is 0 Å². The van der Waals surface area contributed by atoms with Crippen molar-refractivity contribution in [2.24, 2.45) is 5.92 Å². The Bertz CT molecular complexity index is 126. The first kappa shape index (κ1) is 10.0. The van der Waals surface area contributed by atoms with E-state index in [2.05, 4.69) is 32.6 Å². The highest BCUT2D eigenvalue weighted by Gasteiger charge is 2.25. The van der Waals surface area contributed by atoms with Crippen molar-refractivity contribution in [1.29, 1.82) is 0 Å². The maximum Gasteiger partial charge on any atom is 0.0620 e. The topological polar surface area (TPSA) is 12.5 Å². The predicted molar refractivity (Wildman–Crippen MR) is 51.3 cm³/mol. The van der Waals surface area contributed by atoms with Crippen LogP contribution in [0.15, 0.2) is 0 Å². The van der Waals surface area contributed by atoms with Gasteiger partial charge in [0.2, 0.25) is 0 Å². The van der Waals surface area contributed by atoms with Crippen LogP contribution in [0.3, 0.4) is 0 Å². The van der Waals surface area contributed by atoms with Crippen molar-refractivity contribution < 1.29 is 4.74 Å². The van der Waals surface area contributed by atoms with Gasteiger partial charge in [-0.2, -0.15) is 0 Å². The van der Waals surface area contributed by atoms with Gasteiger partial charge < -0.3 is 4.74 Å². The van der Waals surface area contributed by atoms with E-state index >= 15 is 0 Å². The van der Waals surface area contributed by atoms with Gasteiger partial charge in [0.1, 0.15) is 0 Å². The van der Waals surface area contributed by atoms with Gasteiger partial charge in [0, 0.05) is 18.6 Å². The van der Waals surface area contributed by atoms with Crippen molar-refractivity contribution >= 4 is 0 Å². The molecule has 1 aliphatic heterocycles. The van der Waals surface area contributed by atoms with Crippen molar-refractivity contribution in [1.82, 2.24) is 4.90 Å². The molecular weight excluding hydrogens is 150 g/mol. The lowest BCUT2D eigenvalue weighted by atomic mass is 10.1. The second kappa shape index (κ2) is 4.24. The fourth-order valence-electron chi connectivity index (χ4n) is 1.82. The molecule has 0 amide bonds. The Labute approximate surface area is 75.9 Å². The lowest BCUT2D eigenvalue weighted by Gasteiger charge is -2.39. The summed E-state index contributed by atoms with van der Waals surface area (Å²) in [7, 11) is 0. The van der Waals surface area contributed by atoms with E-state index in [-0.39, 0.29) is 0 Å². The summed E-state index contributed by atoms with van der Waals surface area (Å²) in [6.07, 6.45) is 0. The maximum absolute atomic E-state index is 5.46. The molecule has 0 unspecified atom stereocenters. The minimum Gasteiger partial charge on any atom is -0.378 e. The first-order chi connectivity index (χ1) is 5.61. The van der Waals surface area contributed by atoms with Gasteiger partial charge in [-0.1, -0.05) is 13.8 Å². The fraction of sp³-hybridized carbons (Fsp3) is 1.00. The molecule has 0 aromatic carbocycles. The number of hydrogen-bond donors (Lipinski definition) is 0.